The number of unbranched alkanes of at least 4 members (excludes halogenated alkanes) is 1. The van der Waals surface area contributed by atoms with E-state index in [1.807, 2.05) is 0 Å². The van der Waals surface area contributed by atoms with Gasteiger partial charge in [0.1, 0.15) is 24.2 Å². The first-order valence-corrected chi connectivity index (χ1v) is 13.3. The molecule has 5 amide bonds. The Bertz CT molecular complexity index is 917. The fraction of sp³-hybridized carbons (Fsp3) is 0.750. The number of nitrogens with one attached hydrogen (secondary N) is 3. The second-order valence-corrected chi connectivity index (χ2v) is 9.86. The first kappa shape index (κ1) is 31.9. The summed E-state index contributed by atoms with van der Waals surface area (Å²) in [5.41, 5.74) is 11.2. The Morgan fingerprint density at radius 2 is 1.56 bits per heavy atom. The maximum atomic E-state index is 13.0. The van der Waals surface area contributed by atoms with Crippen molar-refractivity contribution in [2.45, 2.75) is 82.1 Å². The van der Waals surface area contributed by atoms with Gasteiger partial charge in [0.2, 0.25) is 29.5 Å². The third-order valence-corrected chi connectivity index (χ3v) is 6.97. The third-order valence-electron chi connectivity index (χ3n) is 6.97. The van der Waals surface area contributed by atoms with Gasteiger partial charge in [-0.1, -0.05) is 6.42 Å². The van der Waals surface area contributed by atoms with Crippen LogP contribution in [0.2, 0.25) is 0 Å². The van der Waals surface area contributed by atoms with Crippen LogP contribution in [0.5, 0.6) is 0 Å². The summed E-state index contributed by atoms with van der Waals surface area (Å²) >= 11 is 0. The number of carboxylic acids is 1. The topological polar surface area (TPSA) is 237 Å². The molecule has 2 aliphatic rings. The van der Waals surface area contributed by atoms with E-state index in [2.05, 4.69) is 16.0 Å². The van der Waals surface area contributed by atoms with Crippen LogP contribution in [0, 0.1) is 0 Å². The zero-order chi connectivity index (χ0) is 29.1. The molecule has 2 saturated heterocycles. The first-order valence-electron chi connectivity index (χ1n) is 13.3. The molecule has 15 heteroatoms. The average molecular weight is 556 g/mol. The average Bonchev–Trinajstić information content (AvgIpc) is 3.60. The van der Waals surface area contributed by atoms with Crippen molar-refractivity contribution in [3.8, 4) is 0 Å². The molecule has 0 spiro atoms. The molecule has 0 radical (unpaired) electrons. The summed E-state index contributed by atoms with van der Waals surface area (Å²) in [6.07, 6.45) is 3.63. The molecular weight excluding hydrogens is 514 g/mol. The molecule has 2 heterocycles. The van der Waals surface area contributed by atoms with Crippen LogP contribution in [0.3, 0.4) is 0 Å². The molecule has 39 heavy (non-hydrogen) atoms. The van der Waals surface area contributed by atoms with Crippen molar-refractivity contribution in [2.24, 2.45) is 11.5 Å². The van der Waals surface area contributed by atoms with Gasteiger partial charge in [0.15, 0.2) is 0 Å². The summed E-state index contributed by atoms with van der Waals surface area (Å²) in [4.78, 5) is 77.1. The predicted molar refractivity (Wildman–Crippen MR) is 138 cm³/mol. The van der Waals surface area contributed by atoms with E-state index in [1.54, 1.807) is 0 Å². The quantitative estimate of drug-likeness (QED) is 0.105. The first-order chi connectivity index (χ1) is 18.5. The Balaban J connectivity index is 1.86. The van der Waals surface area contributed by atoms with Crippen LogP contribution >= 0.6 is 0 Å². The van der Waals surface area contributed by atoms with E-state index in [4.69, 9.17) is 11.5 Å². The van der Waals surface area contributed by atoms with E-state index >= 15 is 0 Å². The van der Waals surface area contributed by atoms with Gasteiger partial charge in [-0.2, -0.15) is 0 Å². The molecule has 0 aromatic heterocycles. The largest absolute Gasteiger partial charge is 0.480 e. The summed E-state index contributed by atoms with van der Waals surface area (Å²) in [5, 5.41) is 26.1. The van der Waals surface area contributed by atoms with Gasteiger partial charge >= 0.3 is 5.97 Å². The predicted octanol–water partition coefficient (Wildman–Crippen LogP) is -3.39. The summed E-state index contributed by atoms with van der Waals surface area (Å²) in [7, 11) is 0. The SMILES string of the molecule is C[C@H](NC(=O)[C@@H](N)CCCCN)C(=O)N[C@@H](CO)C(=O)NCC(=O)N1CCC[C@H]1C(=O)N1CCC[C@H]1C(=O)O. The molecule has 0 aromatic rings. The Hall–Kier alpha value is -3.30. The molecule has 0 bridgehead atoms. The van der Waals surface area contributed by atoms with E-state index in [9.17, 15) is 39.0 Å². The fourth-order valence-electron chi connectivity index (χ4n) is 4.70. The Labute approximate surface area is 227 Å². The minimum absolute atomic E-state index is 0.280. The second-order valence-electron chi connectivity index (χ2n) is 9.86. The van der Waals surface area contributed by atoms with Crippen molar-refractivity contribution in [1.82, 2.24) is 25.8 Å². The van der Waals surface area contributed by atoms with Gasteiger partial charge in [-0.05, 0) is 52.0 Å². The van der Waals surface area contributed by atoms with E-state index < -0.39 is 78.9 Å². The summed E-state index contributed by atoms with van der Waals surface area (Å²) in [6, 6.07) is -4.98. The van der Waals surface area contributed by atoms with Crippen LogP contribution in [-0.2, 0) is 28.8 Å². The minimum Gasteiger partial charge on any atom is -0.480 e. The number of aliphatic hydroxyl groups excluding tert-OH is 1. The maximum Gasteiger partial charge on any atom is 0.326 e. The standard InChI is InChI=1S/C24H41N7O8/c1-14(28-21(35)15(26)6-2-3-9-25)20(34)29-16(13-32)22(36)27-12-19(33)30-10-4-7-17(30)23(37)31-11-5-8-18(31)24(38)39/h14-18,32H,2-13,25-26H2,1H3,(H,27,36)(H,28,35)(H,29,34)(H,38,39)/t14-,15-,16-,17-,18-/m0/s1. The molecule has 0 aromatic carbocycles. The summed E-state index contributed by atoms with van der Waals surface area (Å²) < 4.78 is 0. The molecule has 0 saturated carbocycles. The smallest absolute Gasteiger partial charge is 0.326 e. The molecule has 2 rings (SSSR count). The highest BCUT2D eigenvalue weighted by Gasteiger charge is 2.42. The van der Waals surface area contributed by atoms with Crippen LogP contribution in [0.25, 0.3) is 0 Å². The number of hydrogen-bond acceptors (Lipinski definition) is 9. The van der Waals surface area contributed by atoms with E-state index in [0.717, 1.165) is 0 Å². The van der Waals surface area contributed by atoms with Crippen LogP contribution in [0.1, 0.15) is 51.9 Å². The van der Waals surface area contributed by atoms with E-state index in [1.165, 1.54) is 16.7 Å². The van der Waals surface area contributed by atoms with E-state index in [-0.39, 0.29) is 6.54 Å². The van der Waals surface area contributed by atoms with Crippen molar-refractivity contribution >= 4 is 35.5 Å². The maximum absolute atomic E-state index is 13.0. The molecule has 2 aliphatic heterocycles. The van der Waals surface area contributed by atoms with Gasteiger partial charge in [0.25, 0.3) is 0 Å². The van der Waals surface area contributed by atoms with Crippen LogP contribution < -0.4 is 27.4 Å². The highest BCUT2D eigenvalue weighted by Crippen LogP contribution is 2.25. The van der Waals surface area contributed by atoms with Gasteiger partial charge in [-0.15, -0.1) is 0 Å². The lowest BCUT2D eigenvalue weighted by Gasteiger charge is -2.30. The van der Waals surface area contributed by atoms with Crippen molar-refractivity contribution in [2.75, 3.05) is 32.8 Å². The van der Waals surface area contributed by atoms with Crippen molar-refractivity contribution in [1.29, 1.82) is 0 Å². The molecule has 0 aliphatic carbocycles. The molecule has 9 N–H and O–H groups in total. The Kier molecular flexibility index (Phi) is 12.5. The Morgan fingerprint density at radius 3 is 2.18 bits per heavy atom. The lowest BCUT2D eigenvalue weighted by molar-refractivity contribution is -0.151. The lowest BCUT2D eigenvalue weighted by Crippen LogP contribution is -2.57. The number of aliphatic carboxylic acids is 1. The number of hydrogen-bond donors (Lipinski definition) is 7. The number of amides is 5. The van der Waals surface area contributed by atoms with Crippen molar-refractivity contribution in [3.05, 3.63) is 0 Å². The van der Waals surface area contributed by atoms with Crippen LogP contribution in [-0.4, -0.2) is 119 Å². The number of likely N-dealkylation sites (tertiary alicyclic amines) is 2. The van der Waals surface area contributed by atoms with E-state index in [0.29, 0.717) is 58.0 Å². The molecule has 220 valence electrons. The Morgan fingerprint density at radius 1 is 0.923 bits per heavy atom. The molecule has 5 atom stereocenters. The zero-order valence-corrected chi connectivity index (χ0v) is 22.3. The van der Waals surface area contributed by atoms with Crippen molar-refractivity contribution in [3.63, 3.8) is 0 Å². The van der Waals surface area contributed by atoms with Gasteiger partial charge in [0.05, 0.1) is 19.2 Å². The second kappa shape index (κ2) is 15.3. The van der Waals surface area contributed by atoms with Gasteiger partial charge in [-0.3, -0.25) is 24.0 Å². The van der Waals surface area contributed by atoms with Crippen LogP contribution in [0.15, 0.2) is 0 Å². The molecule has 0 unspecified atom stereocenters. The minimum atomic E-state index is -1.39. The third kappa shape index (κ3) is 8.86. The number of nitrogens with two attached hydrogens (primary N) is 2. The monoisotopic (exact) mass is 555 g/mol. The van der Waals surface area contributed by atoms with Gasteiger partial charge in [-0.25, -0.2) is 4.79 Å². The number of carbonyl (C=O) groups is 6. The number of nitrogens with zero attached hydrogens (tertiary/aromatic N) is 2. The number of carboxylic acid groups (broad SMARTS) is 1. The van der Waals surface area contributed by atoms with Crippen LogP contribution in [0.4, 0.5) is 0 Å². The molecular formula is C24H41N7O8. The van der Waals surface area contributed by atoms with Gasteiger partial charge < -0.3 is 47.4 Å². The normalized spacial score (nSPS) is 21.1. The highest BCUT2D eigenvalue weighted by molar-refractivity contribution is 5.95. The highest BCUT2D eigenvalue weighted by atomic mass is 16.4. The van der Waals surface area contributed by atoms with Crippen molar-refractivity contribution < 1.29 is 39.0 Å². The lowest BCUT2D eigenvalue weighted by atomic mass is 10.1. The van der Waals surface area contributed by atoms with Gasteiger partial charge in [0, 0.05) is 13.1 Å². The summed E-state index contributed by atoms with van der Waals surface area (Å²) in [6.45, 7) is 1.22. The number of rotatable bonds is 14. The number of carbonyl (C=O) groups excluding carboxylic acids is 5. The molecule has 15 nitrogen and oxygen atoms in total. The molecule has 2 fully saturated rings. The summed E-state index contributed by atoms with van der Waals surface area (Å²) in [5.74, 6) is -4.15. The number of aliphatic hydroxyl groups is 1. The zero-order valence-electron chi connectivity index (χ0n) is 22.3. The fourth-order valence-corrected chi connectivity index (χ4v) is 4.70.